The Balaban J connectivity index is 0. The zero-order valence-electron chi connectivity index (χ0n) is 5.90. The third kappa shape index (κ3) is 6.85. The molecule has 0 amide bonds. The molecule has 0 bridgehead atoms. The number of benzene rings is 1. The molecule has 0 unspecified atom stereocenters. The minimum Gasteiger partial charge on any atom is -0.478 e. The van der Waals surface area contributed by atoms with Gasteiger partial charge in [-0.25, -0.2) is 4.79 Å². The minimum atomic E-state index is -0.922. The first-order valence-electron chi connectivity index (χ1n) is 3.25. The molecule has 0 saturated heterocycles. The quantitative estimate of drug-likeness (QED) is 0.530. The molecule has 0 radical (unpaired) electrons. The Morgan fingerprint density at radius 2 is 1.77 bits per heavy atom. The summed E-state index contributed by atoms with van der Waals surface area (Å²) in [4.78, 5) is 10.1. The van der Waals surface area contributed by atoms with Crippen molar-refractivity contribution in [2.24, 2.45) is 0 Å². The van der Waals surface area contributed by atoms with Crippen LogP contribution in [0.4, 0.5) is 0 Å². The molecule has 0 aliphatic carbocycles. The third-order valence-electron chi connectivity index (χ3n) is 1.22. The van der Waals surface area contributed by atoms with Gasteiger partial charge in [0.05, 0.1) is 0 Å². The van der Waals surface area contributed by atoms with Gasteiger partial charge in [-0.15, -0.1) is 0 Å². The Labute approximate surface area is 104 Å². The zero-order chi connectivity index (χ0) is 8.10. The molecule has 1 rings (SSSR count). The molecule has 0 aliphatic rings. The van der Waals surface area contributed by atoms with Crippen LogP contribution in [0.1, 0.15) is 5.56 Å². The average Bonchev–Trinajstić information content (AvgIpc) is 2.03. The molecular weight excluding hydrogens is 191 g/mol. The molecule has 0 heterocycles. The number of hydrogen-bond acceptors (Lipinski definition) is 1. The van der Waals surface area contributed by atoms with Crippen LogP contribution < -0.4 is 0 Å². The van der Waals surface area contributed by atoms with Crippen molar-refractivity contribution in [3.8, 4) is 0 Å². The van der Waals surface area contributed by atoms with E-state index in [0.717, 1.165) is 11.6 Å². The van der Waals surface area contributed by atoms with E-state index >= 15 is 0 Å². The van der Waals surface area contributed by atoms with Gasteiger partial charge in [-0.1, -0.05) is 30.3 Å². The van der Waals surface area contributed by atoms with E-state index in [-0.39, 0.29) is 40.4 Å². The molecule has 0 fully saturated rings. The summed E-state index contributed by atoms with van der Waals surface area (Å²) in [6.45, 7) is 0. The van der Waals surface area contributed by atoms with Crippen LogP contribution in [0.3, 0.4) is 0 Å². The molecule has 0 atom stereocenters. The second-order valence-corrected chi connectivity index (χ2v) is 2.08. The van der Waals surface area contributed by atoms with E-state index in [2.05, 4.69) is 0 Å². The van der Waals surface area contributed by atoms with Gasteiger partial charge in [0, 0.05) is 6.08 Å². The Hall–Kier alpha value is -0.271. The summed E-state index contributed by atoms with van der Waals surface area (Å²) in [5, 5.41) is 8.29. The van der Waals surface area contributed by atoms with Gasteiger partial charge in [0.15, 0.2) is 17.4 Å². The predicted octanol–water partition coefficient (Wildman–Crippen LogP) is -0.316. The van der Waals surface area contributed by atoms with E-state index < -0.39 is 5.97 Å². The molecule has 1 aromatic rings. The molecule has 0 aromatic heterocycles. The summed E-state index contributed by atoms with van der Waals surface area (Å²) in [5.74, 6) is -0.922. The zero-order valence-corrected chi connectivity index (χ0v) is 5.90. The van der Waals surface area contributed by atoms with Crippen molar-refractivity contribution >= 4 is 52.5 Å². The lowest BCUT2D eigenvalue weighted by Crippen LogP contribution is -1.85. The first kappa shape index (κ1) is 15.2. The van der Waals surface area contributed by atoms with Crippen molar-refractivity contribution in [1.82, 2.24) is 0 Å². The number of carbonyl (C=O) groups is 1. The highest BCUT2D eigenvalue weighted by Crippen LogP contribution is 1.99. The van der Waals surface area contributed by atoms with Gasteiger partial charge in [-0.2, -0.15) is 0 Å². The Bertz CT molecular complexity index is 272. The van der Waals surface area contributed by atoms with Crippen molar-refractivity contribution < 1.29 is 9.90 Å². The lowest BCUT2D eigenvalue weighted by Gasteiger charge is -1.87. The maximum Gasteiger partial charge on any atom is 0.328 e. The predicted molar refractivity (Wildman–Crippen MR) is 61.6 cm³/mol. The van der Waals surface area contributed by atoms with E-state index in [4.69, 9.17) is 5.11 Å². The summed E-state index contributed by atoms with van der Waals surface area (Å²) < 4.78 is 0. The fourth-order valence-electron chi connectivity index (χ4n) is 0.732. The van der Waals surface area contributed by atoms with Crippen molar-refractivity contribution in [3.05, 3.63) is 42.0 Å². The number of carboxylic acids is 1. The minimum absolute atomic E-state index is 0. The van der Waals surface area contributed by atoms with Crippen LogP contribution in [0.2, 0.25) is 0 Å². The first-order chi connectivity index (χ1) is 5.29. The van der Waals surface area contributed by atoms with Gasteiger partial charge in [0.1, 0.15) is 0 Å². The number of carboxylic acid groups (broad SMARTS) is 1. The standard InChI is InChI=1S/C9H8O2.Al.Mg.5H/c10-9(11)7-6-8-4-2-1-3-5-8;;;;;;;/h1-7H,(H,10,11);;;;;;;. The van der Waals surface area contributed by atoms with Crippen LogP contribution in [-0.2, 0) is 4.79 Å². The van der Waals surface area contributed by atoms with Crippen LogP contribution in [0, 0.1) is 0 Å². The van der Waals surface area contributed by atoms with Crippen molar-refractivity contribution in [1.29, 1.82) is 0 Å². The fourth-order valence-corrected chi connectivity index (χ4v) is 0.732. The van der Waals surface area contributed by atoms with Crippen LogP contribution in [-0.4, -0.2) is 51.5 Å². The average molecular weight is 204 g/mol. The molecule has 13 heavy (non-hydrogen) atoms. The molecule has 2 nitrogen and oxygen atoms in total. The highest BCUT2D eigenvalue weighted by Gasteiger charge is 1.85. The first-order valence-corrected chi connectivity index (χ1v) is 3.25. The molecule has 1 aromatic carbocycles. The van der Waals surface area contributed by atoms with Gasteiger partial charge in [-0.05, 0) is 11.6 Å². The molecule has 0 aliphatic heterocycles. The lowest BCUT2D eigenvalue weighted by atomic mass is 10.2. The Morgan fingerprint density at radius 1 is 1.23 bits per heavy atom. The highest BCUT2D eigenvalue weighted by molar-refractivity contribution is 5.85. The van der Waals surface area contributed by atoms with Crippen LogP contribution in [0.25, 0.3) is 6.08 Å². The van der Waals surface area contributed by atoms with Crippen molar-refractivity contribution in [3.63, 3.8) is 0 Å². The van der Waals surface area contributed by atoms with Gasteiger partial charge in [0.2, 0.25) is 0 Å². The lowest BCUT2D eigenvalue weighted by molar-refractivity contribution is -0.131. The number of aliphatic carboxylic acids is 1. The summed E-state index contributed by atoms with van der Waals surface area (Å²) >= 11 is 0. The van der Waals surface area contributed by atoms with Gasteiger partial charge in [-0.3, -0.25) is 0 Å². The van der Waals surface area contributed by atoms with Gasteiger partial charge in [0.25, 0.3) is 0 Å². The largest absolute Gasteiger partial charge is 0.478 e. The summed E-state index contributed by atoms with van der Waals surface area (Å²) in [6.07, 6.45) is 2.68. The maximum atomic E-state index is 10.1. The molecule has 4 heteroatoms. The van der Waals surface area contributed by atoms with Gasteiger partial charge >= 0.3 is 29.0 Å². The Morgan fingerprint density at radius 3 is 2.23 bits per heavy atom. The molecular formula is C9H13AlMgO2. The van der Waals surface area contributed by atoms with E-state index in [1.54, 1.807) is 6.08 Å². The number of hydrogen-bond donors (Lipinski definition) is 1. The SMILES string of the molecule is O=C(O)C=Cc1ccccc1.[AlH3].[MgH2]. The summed E-state index contributed by atoms with van der Waals surface area (Å²) in [5.41, 5.74) is 0.898. The maximum absolute atomic E-state index is 10.1. The van der Waals surface area contributed by atoms with Crippen LogP contribution >= 0.6 is 0 Å². The van der Waals surface area contributed by atoms with E-state index in [9.17, 15) is 4.79 Å². The molecule has 0 saturated carbocycles. The molecule has 1 N–H and O–H groups in total. The van der Waals surface area contributed by atoms with E-state index in [0.29, 0.717) is 0 Å². The second kappa shape index (κ2) is 8.33. The number of rotatable bonds is 2. The van der Waals surface area contributed by atoms with Gasteiger partial charge < -0.3 is 5.11 Å². The van der Waals surface area contributed by atoms with E-state index in [1.165, 1.54) is 0 Å². The highest BCUT2D eigenvalue weighted by atomic mass is 27.0. The Kier molecular flexibility index (Phi) is 9.75. The topological polar surface area (TPSA) is 37.3 Å². The third-order valence-corrected chi connectivity index (χ3v) is 1.22. The van der Waals surface area contributed by atoms with Crippen LogP contribution in [0.15, 0.2) is 36.4 Å². The fraction of sp³-hybridized carbons (Fsp3) is 0. The normalized spacial score (nSPS) is 8.62. The monoisotopic (exact) mass is 204 g/mol. The second-order valence-electron chi connectivity index (χ2n) is 2.08. The molecule has 66 valence electrons. The van der Waals surface area contributed by atoms with Crippen LogP contribution in [0.5, 0.6) is 0 Å². The van der Waals surface area contributed by atoms with Crippen molar-refractivity contribution in [2.75, 3.05) is 0 Å². The van der Waals surface area contributed by atoms with Crippen molar-refractivity contribution in [2.45, 2.75) is 0 Å². The molecule has 0 spiro atoms. The van der Waals surface area contributed by atoms with E-state index in [1.807, 2.05) is 30.3 Å². The summed E-state index contributed by atoms with van der Waals surface area (Å²) in [7, 11) is 0. The smallest absolute Gasteiger partial charge is 0.328 e. The summed E-state index contributed by atoms with van der Waals surface area (Å²) in [6, 6.07) is 9.31.